The summed E-state index contributed by atoms with van der Waals surface area (Å²) in [5.41, 5.74) is -12.7. The molecule has 8 rings (SSSR count). The maximum atomic E-state index is 17.7. The number of halogens is 2. The number of fused-ring (bicyclic) bond motifs is 10. The maximum absolute atomic E-state index is 17.7. The van der Waals surface area contributed by atoms with Crippen molar-refractivity contribution in [2.75, 3.05) is 24.7 Å². The fourth-order valence-corrected chi connectivity index (χ4v) is 18.3. The molecule has 0 aliphatic heterocycles. The van der Waals surface area contributed by atoms with Gasteiger partial charge in [-0.3, -0.25) is 28.8 Å². The molecule has 0 aromatic rings. The van der Waals surface area contributed by atoms with E-state index >= 15 is 8.78 Å². The summed E-state index contributed by atoms with van der Waals surface area (Å²) in [4.78, 5) is 104. The zero-order valence-electron chi connectivity index (χ0n) is 43.2. The summed E-state index contributed by atoms with van der Waals surface area (Å²) in [7, 11) is 2.00. The van der Waals surface area contributed by atoms with Crippen molar-refractivity contribution in [1.29, 1.82) is 0 Å². The Morgan fingerprint density at radius 2 is 1.00 bits per heavy atom. The van der Waals surface area contributed by atoms with Crippen LogP contribution >= 0.6 is 21.6 Å². The number of rotatable bonds is 15. The number of alkyl halides is 2. The molecule has 74 heavy (non-hydrogen) atoms. The standard InChI is InChI=1S/C54H70F2N2O14S2/c1-27-17-37-35-11-9-31-19-33(61)13-15-47(31,5)51(35,55)41(63)21-49(37,7)53(27,69)43(65)23-71-45(67)39(57-29(3)59)25-73-74-26-40(58-30(4)60)46(68)72-24-44(66)54(70)28(2)18-38-36-12-10-32-20-34(62)14-16-48(32,6)52(36,56)42(64)22-50(38,54)8/h13-16,19-20,27-28,35-42,63-64,69-70H,9-12,17-18,21-26H2,1-8H3,(H,57,59)(H,58,60)/t27-,28-,35+,36+,37+,38+,39?,40?,41+,42+,47+,48+,49+,50+,51+,52+,53+,54+/m1/s1. The second-order valence-corrected chi connectivity index (χ2v) is 26.0. The van der Waals surface area contributed by atoms with Gasteiger partial charge in [-0.15, -0.1) is 0 Å². The van der Waals surface area contributed by atoms with Gasteiger partial charge in [0.2, 0.25) is 23.4 Å². The van der Waals surface area contributed by atoms with Crippen molar-refractivity contribution in [3.8, 4) is 0 Å². The minimum absolute atomic E-state index is 0.164. The lowest BCUT2D eigenvalue weighted by Gasteiger charge is -2.62. The van der Waals surface area contributed by atoms with Crippen LogP contribution in [0.5, 0.6) is 0 Å². The van der Waals surface area contributed by atoms with Crippen molar-refractivity contribution in [3.05, 3.63) is 47.6 Å². The molecule has 6 saturated carbocycles. The first-order valence-electron chi connectivity index (χ1n) is 25.7. The van der Waals surface area contributed by atoms with E-state index in [9.17, 15) is 58.8 Å². The Bertz CT molecular complexity index is 2390. The Morgan fingerprint density at radius 3 is 1.34 bits per heavy atom. The molecule has 0 spiro atoms. The number of aliphatic hydroxyl groups excluding tert-OH is 2. The minimum Gasteiger partial charge on any atom is -0.456 e. The van der Waals surface area contributed by atoms with Crippen LogP contribution in [0.4, 0.5) is 8.78 Å². The molecule has 2 amide bonds. The van der Waals surface area contributed by atoms with Crippen molar-refractivity contribution < 1.29 is 77.0 Å². The lowest BCUT2D eigenvalue weighted by molar-refractivity contribution is -0.220. The minimum atomic E-state index is -2.19. The third-order valence-corrected chi connectivity index (χ3v) is 22.3. The Labute approximate surface area is 437 Å². The summed E-state index contributed by atoms with van der Waals surface area (Å²) in [5.74, 6) is -9.89. The number of carbonyl (C=O) groups excluding carboxylic acids is 8. The van der Waals surface area contributed by atoms with Crippen LogP contribution in [0.3, 0.4) is 0 Å². The normalized spacial score (nSPS) is 43.4. The van der Waals surface area contributed by atoms with Crippen LogP contribution in [0.2, 0.25) is 0 Å². The highest BCUT2D eigenvalue weighted by molar-refractivity contribution is 8.76. The molecule has 8 aliphatic rings. The zero-order chi connectivity index (χ0) is 54.5. The number of aliphatic hydroxyl groups is 4. The molecule has 0 radical (unpaired) electrons. The van der Waals surface area contributed by atoms with Crippen LogP contribution in [0.1, 0.15) is 107 Å². The van der Waals surface area contributed by atoms with Gasteiger partial charge >= 0.3 is 11.9 Å². The van der Waals surface area contributed by atoms with Gasteiger partial charge in [0.15, 0.2) is 36.1 Å². The van der Waals surface area contributed by atoms with E-state index in [1.54, 1.807) is 41.5 Å². The Morgan fingerprint density at radius 1 is 0.649 bits per heavy atom. The van der Waals surface area contributed by atoms with Crippen LogP contribution in [0.25, 0.3) is 0 Å². The number of amides is 2. The highest BCUT2D eigenvalue weighted by Crippen LogP contribution is 2.72. The second-order valence-electron chi connectivity index (χ2n) is 23.5. The smallest absolute Gasteiger partial charge is 0.329 e. The van der Waals surface area contributed by atoms with Crippen LogP contribution in [-0.4, -0.2) is 139 Å². The van der Waals surface area contributed by atoms with E-state index in [1.165, 1.54) is 36.5 Å². The first-order chi connectivity index (χ1) is 34.4. The summed E-state index contributed by atoms with van der Waals surface area (Å²) in [6.07, 6.45) is 6.58. The predicted octanol–water partition coefficient (Wildman–Crippen LogP) is 4.30. The van der Waals surface area contributed by atoms with Crippen molar-refractivity contribution in [2.24, 2.45) is 57.2 Å². The lowest BCUT2D eigenvalue weighted by Crippen LogP contribution is -2.69. The van der Waals surface area contributed by atoms with Gasteiger partial charge in [-0.1, -0.05) is 72.6 Å². The average molecular weight is 1070 g/mol. The van der Waals surface area contributed by atoms with E-state index in [0.717, 1.165) is 35.4 Å². The van der Waals surface area contributed by atoms with Gasteiger partial charge in [0.05, 0.1) is 12.2 Å². The fraction of sp³-hybridized carbons (Fsp3) is 0.704. The van der Waals surface area contributed by atoms with E-state index in [0.29, 0.717) is 24.0 Å². The average Bonchev–Trinajstić information content (AvgIpc) is 3.66. The number of allylic oxidation sites excluding steroid dienone is 8. The van der Waals surface area contributed by atoms with Crippen LogP contribution < -0.4 is 10.6 Å². The van der Waals surface area contributed by atoms with Gasteiger partial charge in [-0.05, 0) is 113 Å². The highest BCUT2D eigenvalue weighted by Gasteiger charge is 2.77. The molecule has 18 atom stereocenters. The molecule has 6 N–H and O–H groups in total. The second kappa shape index (κ2) is 19.4. The van der Waals surface area contributed by atoms with Crippen molar-refractivity contribution in [1.82, 2.24) is 10.6 Å². The van der Waals surface area contributed by atoms with Crippen LogP contribution in [0, 0.1) is 57.2 Å². The Kier molecular flexibility index (Phi) is 14.7. The van der Waals surface area contributed by atoms with Gasteiger partial charge in [0, 0.05) is 58.8 Å². The first-order valence-corrected chi connectivity index (χ1v) is 28.2. The summed E-state index contributed by atoms with van der Waals surface area (Å²) in [5, 5.41) is 53.1. The van der Waals surface area contributed by atoms with Crippen molar-refractivity contribution in [2.45, 2.75) is 154 Å². The number of ketones is 4. The number of ether oxygens (including phenoxy) is 2. The largest absolute Gasteiger partial charge is 0.456 e. The van der Waals surface area contributed by atoms with Gasteiger partial charge in [-0.2, -0.15) is 0 Å². The number of hydrogen-bond donors (Lipinski definition) is 6. The van der Waals surface area contributed by atoms with Crippen LogP contribution in [0.15, 0.2) is 47.6 Å². The van der Waals surface area contributed by atoms with Crippen molar-refractivity contribution in [3.63, 3.8) is 0 Å². The molecular weight excluding hydrogens is 1000 g/mol. The maximum Gasteiger partial charge on any atom is 0.329 e. The third-order valence-electron chi connectivity index (χ3n) is 19.9. The summed E-state index contributed by atoms with van der Waals surface area (Å²) >= 11 is 0. The molecule has 16 nitrogen and oxygen atoms in total. The molecule has 0 aromatic heterocycles. The molecule has 0 aromatic carbocycles. The van der Waals surface area contributed by atoms with E-state index in [2.05, 4.69) is 10.6 Å². The molecule has 6 fully saturated rings. The molecule has 0 bridgehead atoms. The van der Waals surface area contributed by atoms with Gasteiger partial charge in [-0.25, -0.2) is 18.4 Å². The molecule has 0 saturated heterocycles. The number of esters is 2. The number of carbonyl (C=O) groups is 8. The summed E-state index contributed by atoms with van der Waals surface area (Å²) in [6.45, 7) is 10.5. The molecule has 20 heteroatoms. The quantitative estimate of drug-likeness (QED) is 0.0759. The van der Waals surface area contributed by atoms with Crippen molar-refractivity contribution >= 4 is 68.5 Å². The fourth-order valence-electron chi connectivity index (χ4n) is 16.0. The van der Waals surface area contributed by atoms with Gasteiger partial charge in [0.1, 0.15) is 23.3 Å². The van der Waals surface area contributed by atoms with E-state index in [4.69, 9.17) is 9.47 Å². The number of Topliss-reactive ketones (excluding diaryl/α,β-unsaturated/α-hetero) is 2. The molecule has 406 valence electrons. The summed E-state index contributed by atoms with van der Waals surface area (Å²) in [6, 6.07) is -2.66. The third kappa shape index (κ3) is 8.17. The molecule has 0 heterocycles. The SMILES string of the molecule is CC(=O)NC(CSSCC(NC(C)=O)C(=O)OCC(=O)[C@@]1(O)[C@H](C)C[C@H]2[C@@H]3CCC4=CC(=O)C=C[C@]4(C)[C@@]3(F)[C@@H](O)C[C@@]21C)C(=O)OCC(=O)[C@@]1(O)[C@H](C)C[C@H]2[C@@H]3CCC4=CC(=O)C=C[C@]4(C)[C@@]3(F)[C@@H](O)C[C@@]21C. The van der Waals surface area contributed by atoms with E-state index in [1.807, 2.05) is 0 Å². The predicted molar refractivity (Wildman–Crippen MR) is 268 cm³/mol. The zero-order valence-corrected chi connectivity index (χ0v) is 44.8. The number of nitrogens with one attached hydrogen (secondary N) is 2. The Hall–Kier alpha value is -4.08. The van der Waals surface area contributed by atoms with E-state index < -0.39 is 153 Å². The topological polar surface area (TPSA) is 260 Å². The van der Waals surface area contributed by atoms with Crippen LogP contribution in [-0.2, 0) is 47.8 Å². The van der Waals surface area contributed by atoms with E-state index in [-0.39, 0.29) is 61.6 Å². The van der Waals surface area contributed by atoms with Gasteiger partial charge < -0.3 is 40.5 Å². The monoisotopic (exact) mass is 1070 g/mol. The lowest BCUT2D eigenvalue weighted by atomic mass is 9.44. The molecular formula is C54H70F2N2O14S2. The van der Waals surface area contributed by atoms with Gasteiger partial charge in [0.25, 0.3) is 0 Å². The Balaban J connectivity index is 0.869. The first kappa shape index (κ1) is 56.1. The summed E-state index contributed by atoms with van der Waals surface area (Å²) < 4.78 is 46.2. The number of hydrogen-bond acceptors (Lipinski definition) is 16. The molecule has 2 unspecified atom stereocenters. The molecule has 8 aliphatic carbocycles. The highest BCUT2D eigenvalue weighted by atomic mass is 33.1.